The Balaban J connectivity index is 1.50. The van der Waals surface area contributed by atoms with E-state index in [4.69, 9.17) is 0 Å². The van der Waals surface area contributed by atoms with Crippen molar-refractivity contribution in [1.29, 1.82) is 0 Å². The molecule has 0 bridgehead atoms. The fourth-order valence-corrected chi connectivity index (χ4v) is 4.52. The zero-order chi connectivity index (χ0) is 27.3. The summed E-state index contributed by atoms with van der Waals surface area (Å²) in [6.07, 6.45) is 24.7. The lowest BCUT2D eigenvalue weighted by Crippen LogP contribution is -2.34. The molecule has 0 fully saturated rings. The third kappa shape index (κ3) is 13.7. The molecule has 0 aliphatic carbocycles. The number of hydrogen-bond acceptors (Lipinski definition) is 2. The second kappa shape index (κ2) is 20.2. The molecule has 38 heavy (non-hydrogen) atoms. The molecule has 210 valence electrons. The molecule has 6 heteroatoms. The van der Waals surface area contributed by atoms with Gasteiger partial charge in [0, 0.05) is 50.2 Å². The molecule has 0 spiro atoms. The minimum absolute atomic E-state index is 0.0291. The summed E-state index contributed by atoms with van der Waals surface area (Å²) in [6, 6.07) is 7.69. The Morgan fingerprint density at radius 1 is 0.526 bits per heavy atom. The smallest absolute Gasteiger partial charge is 0.251 e. The highest BCUT2D eigenvalue weighted by Gasteiger charge is 2.09. The van der Waals surface area contributed by atoms with E-state index in [-0.39, 0.29) is 11.8 Å². The molecular formula is C32H52N4O2+2. The van der Waals surface area contributed by atoms with Gasteiger partial charge in [-0.3, -0.25) is 9.59 Å². The molecule has 0 aliphatic rings. The predicted molar refractivity (Wildman–Crippen MR) is 154 cm³/mol. The fraction of sp³-hybridized carbons (Fsp3) is 0.625. The van der Waals surface area contributed by atoms with Crippen LogP contribution < -0.4 is 19.8 Å². The van der Waals surface area contributed by atoms with Crippen LogP contribution in [0.4, 0.5) is 0 Å². The van der Waals surface area contributed by atoms with Crippen LogP contribution >= 0.6 is 0 Å². The number of nitrogens with one attached hydrogen (secondary N) is 2. The van der Waals surface area contributed by atoms with E-state index in [9.17, 15) is 9.59 Å². The summed E-state index contributed by atoms with van der Waals surface area (Å²) >= 11 is 0. The molecule has 2 aromatic rings. The minimum atomic E-state index is 0.0291. The Kier molecular flexibility index (Phi) is 16.8. The maximum atomic E-state index is 12.2. The summed E-state index contributed by atoms with van der Waals surface area (Å²) in [5.41, 5.74) is 1.48. The van der Waals surface area contributed by atoms with Gasteiger partial charge in [-0.05, 0) is 25.7 Å². The van der Waals surface area contributed by atoms with Gasteiger partial charge in [0.05, 0.1) is 11.1 Å². The third-order valence-electron chi connectivity index (χ3n) is 7.02. The fourth-order valence-electron chi connectivity index (χ4n) is 4.52. The predicted octanol–water partition coefficient (Wildman–Crippen LogP) is 5.92. The maximum Gasteiger partial charge on any atom is 0.251 e. The summed E-state index contributed by atoms with van der Waals surface area (Å²) in [5, 5.41) is 6.03. The first-order chi connectivity index (χ1) is 18.6. The van der Waals surface area contributed by atoms with E-state index in [0.29, 0.717) is 0 Å². The molecule has 0 unspecified atom stereocenters. The molecule has 0 aliphatic heterocycles. The monoisotopic (exact) mass is 524 g/mol. The number of unbranched alkanes of at least 4 members (excludes halogenated alkanes) is 11. The first kappa shape index (κ1) is 31.5. The molecule has 0 aromatic carbocycles. The number of amides is 2. The molecule has 2 heterocycles. The van der Waals surface area contributed by atoms with Crippen LogP contribution in [0.1, 0.15) is 124 Å². The van der Waals surface area contributed by atoms with Crippen LogP contribution in [0.15, 0.2) is 49.1 Å². The zero-order valence-electron chi connectivity index (χ0n) is 24.1. The number of aryl methyl sites for hydroxylation is 2. The number of aromatic nitrogens is 2. The van der Waals surface area contributed by atoms with Crippen molar-refractivity contribution in [2.45, 2.75) is 117 Å². The number of rotatable bonds is 21. The van der Waals surface area contributed by atoms with Crippen LogP contribution in [0, 0.1) is 0 Å². The highest BCUT2D eigenvalue weighted by Crippen LogP contribution is 2.06. The van der Waals surface area contributed by atoms with Crippen molar-refractivity contribution in [3.63, 3.8) is 0 Å². The van der Waals surface area contributed by atoms with Gasteiger partial charge in [0.1, 0.15) is 13.1 Å². The van der Waals surface area contributed by atoms with E-state index >= 15 is 0 Å². The minimum Gasteiger partial charge on any atom is -0.352 e. The van der Waals surface area contributed by atoms with Crippen molar-refractivity contribution in [3.05, 3.63) is 60.2 Å². The highest BCUT2D eigenvalue weighted by molar-refractivity contribution is 5.94. The quantitative estimate of drug-likeness (QED) is 0.157. The van der Waals surface area contributed by atoms with Gasteiger partial charge in [0.25, 0.3) is 11.8 Å². The van der Waals surface area contributed by atoms with Crippen molar-refractivity contribution >= 4 is 11.8 Å². The molecule has 6 nitrogen and oxygen atoms in total. The third-order valence-corrected chi connectivity index (χ3v) is 7.02. The van der Waals surface area contributed by atoms with Gasteiger partial charge in [-0.25, -0.2) is 9.13 Å². The first-order valence-electron chi connectivity index (χ1n) is 15.2. The molecule has 2 aromatic heterocycles. The van der Waals surface area contributed by atoms with Gasteiger partial charge in [-0.1, -0.05) is 65.2 Å². The Bertz CT molecular complexity index is 821. The molecule has 2 rings (SSSR count). The van der Waals surface area contributed by atoms with Crippen molar-refractivity contribution < 1.29 is 18.7 Å². The molecule has 2 N–H and O–H groups in total. The average Bonchev–Trinajstić information content (AvgIpc) is 2.94. The van der Waals surface area contributed by atoms with Crippen LogP contribution in [0.5, 0.6) is 0 Å². The number of carbonyl (C=O) groups is 2. The lowest BCUT2D eigenvalue weighted by molar-refractivity contribution is -0.697. The standard InChI is InChI=1S/C32H50N4O2/c1-3-5-7-13-21-33-31(37)29-17-25-35(26-18-29)23-15-11-9-10-12-16-24-36-27-19-30(20-28-36)32(38)34-22-14-8-6-4-2/h17-20,25-28H,3-16,21-24H2,1-2H3/p+2. The Labute approximate surface area is 231 Å². The van der Waals surface area contributed by atoms with Gasteiger partial charge < -0.3 is 10.6 Å². The number of carbonyl (C=O) groups excluding carboxylic acids is 2. The van der Waals surface area contributed by atoms with Crippen molar-refractivity contribution in [2.75, 3.05) is 13.1 Å². The maximum absolute atomic E-state index is 12.2. The number of hydrogen-bond donors (Lipinski definition) is 2. The van der Waals surface area contributed by atoms with Crippen molar-refractivity contribution in [2.24, 2.45) is 0 Å². The largest absolute Gasteiger partial charge is 0.352 e. The second-order valence-electron chi connectivity index (χ2n) is 10.4. The molecule has 0 saturated heterocycles. The zero-order valence-corrected chi connectivity index (χ0v) is 24.1. The van der Waals surface area contributed by atoms with E-state index in [0.717, 1.165) is 63.0 Å². The average molecular weight is 525 g/mol. The van der Waals surface area contributed by atoms with Crippen LogP contribution in [-0.2, 0) is 13.1 Å². The molecule has 0 saturated carbocycles. The number of pyridine rings is 2. The second-order valence-corrected chi connectivity index (χ2v) is 10.4. The van der Waals surface area contributed by atoms with E-state index in [2.05, 4.69) is 33.6 Å². The van der Waals surface area contributed by atoms with Crippen LogP contribution in [0.3, 0.4) is 0 Å². The summed E-state index contributed by atoms with van der Waals surface area (Å²) in [7, 11) is 0. The molecule has 0 radical (unpaired) electrons. The molecule has 0 atom stereocenters. The Morgan fingerprint density at radius 3 is 1.24 bits per heavy atom. The van der Waals surface area contributed by atoms with Gasteiger partial charge in [-0.15, -0.1) is 0 Å². The molecular weight excluding hydrogens is 472 g/mol. The Morgan fingerprint density at radius 2 is 0.868 bits per heavy atom. The van der Waals surface area contributed by atoms with Gasteiger partial charge in [0.2, 0.25) is 0 Å². The first-order valence-corrected chi connectivity index (χ1v) is 15.2. The van der Waals surface area contributed by atoms with E-state index in [1.54, 1.807) is 0 Å². The summed E-state index contributed by atoms with van der Waals surface area (Å²) in [6.45, 7) is 7.90. The van der Waals surface area contributed by atoms with Gasteiger partial charge in [0.15, 0.2) is 24.8 Å². The lowest BCUT2D eigenvalue weighted by atomic mass is 10.1. The van der Waals surface area contributed by atoms with E-state index in [1.807, 2.05) is 49.1 Å². The Hall–Kier alpha value is -2.76. The molecule has 2 amide bonds. The van der Waals surface area contributed by atoms with Crippen LogP contribution in [0.2, 0.25) is 0 Å². The SMILES string of the molecule is CCCCCCNC(=O)c1cc[n+](CCCCCCCC[n+]2ccc(C(=O)NCCCCCC)cc2)cc1. The summed E-state index contributed by atoms with van der Waals surface area (Å²) in [5.74, 6) is 0.0582. The van der Waals surface area contributed by atoms with Gasteiger partial charge >= 0.3 is 0 Å². The highest BCUT2D eigenvalue weighted by atomic mass is 16.2. The topological polar surface area (TPSA) is 66.0 Å². The van der Waals surface area contributed by atoms with Crippen LogP contribution in [-0.4, -0.2) is 24.9 Å². The van der Waals surface area contributed by atoms with E-state index < -0.39 is 0 Å². The number of nitrogens with zero attached hydrogens (tertiary/aromatic N) is 2. The summed E-state index contributed by atoms with van der Waals surface area (Å²) < 4.78 is 4.34. The van der Waals surface area contributed by atoms with Gasteiger partial charge in [-0.2, -0.15) is 0 Å². The summed E-state index contributed by atoms with van der Waals surface area (Å²) in [4.78, 5) is 24.5. The van der Waals surface area contributed by atoms with Crippen molar-refractivity contribution in [3.8, 4) is 0 Å². The van der Waals surface area contributed by atoms with E-state index in [1.165, 1.54) is 64.2 Å². The normalized spacial score (nSPS) is 10.9. The lowest BCUT2D eigenvalue weighted by Gasteiger charge is -2.05. The van der Waals surface area contributed by atoms with Crippen LogP contribution in [0.25, 0.3) is 0 Å². The van der Waals surface area contributed by atoms with Crippen molar-refractivity contribution in [1.82, 2.24) is 10.6 Å².